The summed E-state index contributed by atoms with van der Waals surface area (Å²) in [7, 11) is 1.58. The third-order valence-electron chi connectivity index (χ3n) is 6.03. The van der Waals surface area contributed by atoms with Gasteiger partial charge in [0, 0.05) is 30.2 Å². The van der Waals surface area contributed by atoms with Crippen LogP contribution in [0, 0.1) is 5.92 Å². The number of halogens is 1. The number of ether oxygens (including phenoxy) is 1. The van der Waals surface area contributed by atoms with Crippen LogP contribution >= 0.6 is 11.6 Å². The zero-order chi connectivity index (χ0) is 22.0. The van der Waals surface area contributed by atoms with Crippen LogP contribution in [0.5, 0.6) is 5.75 Å². The molecule has 4 rings (SSSR count). The van der Waals surface area contributed by atoms with E-state index in [4.69, 9.17) is 16.3 Å². The Hall–Kier alpha value is -2.79. The van der Waals surface area contributed by atoms with Gasteiger partial charge < -0.3 is 9.64 Å². The van der Waals surface area contributed by atoms with Gasteiger partial charge in [0.1, 0.15) is 11.4 Å². The Morgan fingerprint density at radius 3 is 2.52 bits per heavy atom. The molecule has 1 fully saturated rings. The lowest BCUT2D eigenvalue weighted by Gasteiger charge is -2.33. The van der Waals surface area contributed by atoms with Crippen molar-refractivity contribution in [1.82, 2.24) is 9.80 Å². The van der Waals surface area contributed by atoms with Gasteiger partial charge in [0.25, 0.3) is 11.8 Å². The first-order chi connectivity index (χ1) is 15.0. The van der Waals surface area contributed by atoms with E-state index in [9.17, 15) is 9.59 Å². The van der Waals surface area contributed by atoms with E-state index in [0.29, 0.717) is 46.5 Å². The summed E-state index contributed by atoms with van der Waals surface area (Å²) < 4.78 is 5.53. The molecule has 0 radical (unpaired) electrons. The number of amides is 2. The van der Waals surface area contributed by atoms with E-state index < -0.39 is 0 Å². The highest BCUT2D eigenvalue weighted by Gasteiger charge is 2.42. The van der Waals surface area contributed by atoms with Crippen molar-refractivity contribution in [1.29, 1.82) is 0 Å². The summed E-state index contributed by atoms with van der Waals surface area (Å²) in [6, 6.07) is 14.9. The highest BCUT2D eigenvalue weighted by molar-refractivity contribution is 6.36. The van der Waals surface area contributed by atoms with Gasteiger partial charge in [-0.25, -0.2) is 0 Å². The van der Waals surface area contributed by atoms with Gasteiger partial charge in [0.05, 0.1) is 12.7 Å². The smallest absolute Gasteiger partial charge is 0.277 e. The Morgan fingerprint density at radius 2 is 1.81 bits per heavy atom. The van der Waals surface area contributed by atoms with E-state index in [1.54, 1.807) is 7.11 Å². The Morgan fingerprint density at radius 1 is 1.06 bits per heavy atom. The van der Waals surface area contributed by atoms with Crippen LogP contribution in [0.4, 0.5) is 0 Å². The number of piperidine rings is 1. The van der Waals surface area contributed by atoms with Crippen molar-refractivity contribution in [2.75, 3.05) is 26.7 Å². The molecule has 0 aliphatic carbocycles. The lowest BCUT2D eigenvalue weighted by molar-refractivity contribution is -0.137. The molecule has 1 unspecified atom stereocenters. The SMILES string of the molecule is COc1ccccc1C1=C(N2CCCC(C)C2)C(=O)N(CCc2ccc(Cl)cc2)C1=O. The fourth-order valence-corrected chi connectivity index (χ4v) is 4.56. The molecule has 2 aromatic carbocycles. The minimum absolute atomic E-state index is 0.214. The minimum atomic E-state index is -0.253. The standard InChI is InChI=1S/C25H27ClN2O3/c1-17-6-5-14-27(16-17)23-22(20-7-3-4-8-21(20)31-2)24(29)28(25(23)30)15-13-18-9-11-19(26)12-10-18/h3-4,7-12,17H,5-6,13-16H2,1-2H3. The predicted octanol–water partition coefficient (Wildman–Crippen LogP) is 4.40. The Labute approximate surface area is 188 Å². The molecule has 0 saturated carbocycles. The minimum Gasteiger partial charge on any atom is -0.496 e. The van der Waals surface area contributed by atoms with Crippen LogP contribution in [0.3, 0.4) is 0 Å². The molecule has 5 nitrogen and oxygen atoms in total. The number of methoxy groups -OCH3 is 1. The second-order valence-electron chi connectivity index (χ2n) is 8.26. The average molecular weight is 439 g/mol. The summed E-state index contributed by atoms with van der Waals surface area (Å²) in [5, 5.41) is 0.665. The molecule has 2 aliphatic heterocycles. The molecule has 2 aromatic rings. The molecule has 2 amide bonds. The zero-order valence-corrected chi connectivity index (χ0v) is 18.7. The van der Waals surface area contributed by atoms with Crippen LogP contribution < -0.4 is 4.74 Å². The molecule has 1 saturated heterocycles. The molecule has 0 bridgehead atoms. The van der Waals surface area contributed by atoms with Crippen molar-refractivity contribution in [3.8, 4) is 5.75 Å². The predicted molar refractivity (Wildman–Crippen MR) is 122 cm³/mol. The summed E-state index contributed by atoms with van der Waals surface area (Å²) in [6.45, 7) is 4.07. The molecule has 0 aromatic heterocycles. The summed E-state index contributed by atoms with van der Waals surface area (Å²) in [4.78, 5) is 30.5. The van der Waals surface area contributed by atoms with Gasteiger partial charge in [-0.1, -0.05) is 48.9 Å². The maximum absolute atomic E-state index is 13.5. The van der Waals surface area contributed by atoms with Gasteiger partial charge >= 0.3 is 0 Å². The molecular weight excluding hydrogens is 412 g/mol. The molecule has 0 spiro atoms. The topological polar surface area (TPSA) is 49.9 Å². The highest BCUT2D eigenvalue weighted by atomic mass is 35.5. The van der Waals surface area contributed by atoms with E-state index in [2.05, 4.69) is 11.8 Å². The number of para-hydroxylation sites is 1. The summed E-state index contributed by atoms with van der Waals surface area (Å²) in [5.41, 5.74) is 2.67. The molecule has 162 valence electrons. The van der Waals surface area contributed by atoms with Gasteiger partial charge in [-0.2, -0.15) is 0 Å². The van der Waals surface area contributed by atoms with Crippen LogP contribution in [0.15, 0.2) is 54.2 Å². The van der Waals surface area contributed by atoms with E-state index in [-0.39, 0.29) is 11.8 Å². The number of carbonyl (C=O) groups excluding carboxylic acids is 2. The van der Waals surface area contributed by atoms with Crippen molar-refractivity contribution in [3.63, 3.8) is 0 Å². The van der Waals surface area contributed by atoms with Gasteiger partial charge in [-0.15, -0.1) is 0 Å². The van der Waals surface area contributed by atoms with Crippen molar-refractivity contribution < 1.29 is 14.3 Å². The van der Waals surface area contributed by atoms with Gasteiger partial charge in [-0.05, 0) is 48.9 Å². The number of hydrogen-bond donors (Lipinski definition) is 0. The van der Waals surface area contributed by atoms with Gasteiger partial charge in [0.15, 0.2) is 0 Å². The van der Waals surface area contributed by atoms with E-state index in [1.165, 1.54) is 4.90 Å². The lowest BCUT2D eigenvalue weighted by Crippen LogP contribution is -2.39. The fraction of sp³-hybridized carbons (Fsp3) is 0.360. The molecule has 2 aliphatic rings. The summed E-state index contributed by atoms with van der Waals surface area (Å²) in [6.07, 6.45) is 2.73. The van der Waals surface area contributed by atoms with Crippen molar-refractivity contribution in [3.05, 3.63) is 70.4 Å². The van der Waals surface area contributed by atoms with Crippen molar-refractivity contribution >= 4 is 29.0 Å². The van der Waals surface area contributed by atoms with Crippen LogP contribution in [-0.2, 0) is 16.0 Å². The van der Waals surface area contributed by atoms with E-state index >= 15 is 0 Å². The number of likely N-dealkylation sites (tertiary alicyclic amines) is 1. The Balaban J connectivity index is 1.69. The maximum atomic E-state index is 13.5. The largest absolute Gasteiger partial charge is 0.496 e. The first-order valence-electron chi connectivity index (χ1n) is 10.7. The summed E-state index contributed by atoms with van der Waals surface area (Å²) >= 11 is 5.97. The Kier molecular flexibility index (Phi) is 6.33. The average Bonchev–Trinajstić information content (AvgIpc) is 3.03. The van der Waals surface area contributed by atoms with Crippen LogP contribution in [-0.4, -0.2) is 48.4 Å². The second-order valence-corrected chi connectivity index (χ2v) is 8.69. The number of hydrogen-bond acceptors (Lipinski definition) is 4. The normalized spacial score (nSPS) is 19.4. The molecule has 2 heterocycles. The van der Waals surface area contributed by atoms with Crippen molar-refractivity contribution in [2.24, 2.45) is 5.92 Å². The molecule has 31 heavy (non-hydrogen) atoms. The molecular formula is C25H27ClN2O3. The third kappa shape index (κ3) is 4.33. The number of carbonyl (C=O) groups is 2. The third-order valence-corrected chi connectivity index (χ3v) is 6.28. The second kappa shape index (κ2) is 9.15. The lowest BCUT2D eigenvalue weighted by atomic mass is 9.97. The highest BCUT2D eigenvalue weighted by Crippen LogP contribution is 2.37. The monoisotopic (exact) mass is 438 g/mol. The number of rotatable bonds is 6. The molecule has 1 atom stereocenters. The number of benzene rings is 2. The first-order valence-corrected chi connectivity index (χ1v) is 11.1. The Bertz CT molecular complexity index is 1020. The van der Waals surface area contributed by atoms with E-state index in [0.717, 1.165) is 31.5 Å². The quantitative estimate of drug-likeness (QED) is 0.627. The van der Waals surface area contributed by atoms with Crippen LogP contribution in [0.25, 0.3) is 5.57 Å². The zero-order valence-electron chi connectivity index (χ0n) is 17.9. The molecule has 0 N–H and O–H groups in total. The van der Waals surface area contributed by atoms with Crippen LogP contribution in [0.2, 0.25) is 5.02 Å². The van der Waals surface area contributed by atoms with Gasteiger partial charge in [-0.3, -0.25) is 14.5 Å². The maximum Gasteiger partial charge on any atom is 0.277 e. The van der Waals surface area contributed by atoms with E-state index in [1.807, 2.05) is 48.5 Å². The number of nitrogens with zero attached hydrogens (tertiary/aromatic N) is 2. The summed E-state index contributed by atoms with van der Waals surface area (Å²) in [5.74, 6) is 0.609. The number of imide groups is 1. The van der Waals surface area contributed by atoms with Crippen LogP contribution in [0.1, 0.15) is 30.9 Å². The first kappa shape index (κ1) is 21.4. The molecule has 6 heteroatoms. The fourth-order valence-electron chi connectivity index (χ4n) is 4.44. The van der Waals surface area contributed by atoms with Crippen molar-refractivity contribution in [2.45, 2.75) is 26.2 Å². The van der Waals surface area contributed by atoms with Gasteiger partial charge in [0.2, 0.25) is 0 Å².